The van der Waals surface area contributed by atoms with E-state index in [4.69, 9.17) is 0 Å². The van der Waals surface area contributed by atoms with E-state index < -0.39 is 0 Å². The maximum atomic E-state index is 12.4. The van der Waals surface area contributed by atoms with Gasteiger partial charge in [-0.2, -0.15) is 0 Å². The van der Waals surface area contributed by atoms with Crippen molar-refractivity contribution < 1.29 is 4.79 Å². The molecule has 3 rings (SSSR count). The average molecular weight is 435 g/mol. The Morgan fingerprint density at radius 3 is 2.55 bits per heavy atom. The van der Waals surface area contributed by atoms with Crippen LogP contribution in [0.25, 0.3) is 0 Å². The fourth-order valence-electron chi connectivity index (χ4n) is 3.28. The Morgan fingerprint density at radius 1 is 1.13 bits per heavy atom. The van der Waals surface area contributed by atoms with Crippen LogP contribution in [0.4, 0.5) is 5.69 Å². The first kappa shape index (κ1) is 22.8. The summed E-state index contributed by atoms with van der Waals surface area (Å²) in [5, 5.41) is 12.4. The van der Waals surface area contributed by atoms with Crippen LogP contribution in [0.1, 0.15) is 43.1 Å². The van der Waals surface area contributed by atoms with Crippen molar-refractivity contribution in [2.24, 2.45) is 0 Å². The number of carbonyl (C=O) groups is 1. The van der Waals surface area contributed by atoms with Crippen molar-refractivity contribution in [3.63, 3.8) is 0 Å². The molecule has 0 aliphatic heterocycles. The second-order valence-corrected chi connectivity index (χ2v) is 8.49. The maximum Gasteiger partial charge on any atom is 0.234 e. The zero-order valence-electron chi connectivity index (χ0n) is 18.3. The van der Waals surface area contributed by atoms with Crippen molar-refractivity contribution in [3.05, 3.63) is 84.2 Å². The molecule has 5 nitrogen and oxygen atoms in total. The highest BCUT2D eigenvalue weighted by Crippen LogP contribution is 2.22. The van der Waals surface area contributed by atoms with Gasteiger partial charge >= 0.3 is 0 Å². The molecule has 0 spiro atoms. The lowest BCUT2D eigenvalue weighted by Gasteiger charge is -2.11. The predicted octanol–water partition coefficient (Wildman–Crippen LogP) is 5.49. The molecule has 1 atom stereocenters. The Bertz CT molecular complexity index is 983. The molecule has 1 amide bonds. The van der Waals surface area contributed by atoms with Crippen molar-refractivity contribution in [1.29, 1.82) is 0 Å². The van der Waals surface area contributed by atoms with Gasteiger partial charge < -0.3 is 9.88 Å². The molecule has 1 N–H and O–H groups in total. The highest BCUT2D eigenvalue weighted by Gasteiger charge is 2.14. The molecule has 6 heteroatoms. The van der Waals surface area contributed by atoms with Crippen LogP contribution in [0.3, 0.4) is 0 Å². The van der Waals surface area contributed by atoms with Gasteiger partial charge in [0, 0.05) is 18.7 Å². The van der Waals surface area contributed by atoms with Crippen LogP contribution in [-0.2, 0) is 24.2 Å². The van der Waals surface area contributed by atoms with Crippen LogP contribution in [-0.4, -0.2) is 26.4 Å². The lowest BCUT2D eigenvalue weighted by molar-refractivity contribution is -0.113. The molecule has 0 saturated carbocycles. The van der Waals surface area contributed by atoms with Crippen molar-refractivity contribution in [2.75, 3.05) is 11.1 Å². The highest BCUT2D eigenvalue weighted by molar-refractivity contribution is 7.99. The van der Waals surface area contributed by atoms with Gasteiger partial charge in [0.2, 0.25) is 5.91 Å². The summed E-state index contributed by atoms with van der Waals surface area (Å²) in [6.45, 7) is 8.85. The van der Waals surface area contributed by atoms with E-state index in [-0.39, 0.29) is 11.7 Å². The third-order valence-corrected chi connectivity index (χ3v) is 6.26. The second kappa shape index (κ2) is 11.5. The molecule has 3 aromatic rings. The Balaban J connectivity index is 1.57. The number of carbonyl (C=O) groups excluding carboxylic acids is 1. The molecule has 0 fully saturated rings. The second-order valence-electron chi connectivity index (χ2n) is 7.55. The van der Waals surface area contributed by atoms with E-state index in [1.165, 1.54) is 22.9 Å². The Hall–Kier alpha value is -2.86. The van der Waals surface area contributed by atoms with E-state index in [9.17, 15) is 4.79 Å². The number of aromatic nitrogens is 3. The SMILES string of the molecule is C=CCn1c(CCc2ccccc2)nnc1SCC(=O)Nc1ccc(C(C)CC)cc1. The van der Waals surface area contributed by atoms with Gasteiger partial charge in [-0.05, 0) is 42.0 Å². The van der Waals surface area contributed by atoms with E-state index in [1.54, 1.807) is 0 Å². The number of thioether (sulfide) groups is 1. The number of nitrogens with one attached hydrogen (secondary N) is 1. The van der Waals surface area contributed by atoms with Crippen molar-refractivity contribution in [2.45, 2.75) is 50.7 Å². The van der Waals surface area contributed by atoms with Crippen LogP contribution >= 0.6 is 11.8 Å². The van der Waals surface area contributed by atoms with Gasteiger partial charge in [0.15, 0.2) is 5.16 Å². The quantitative estimate of drug-likeness (QED) is 0.320. The number of anilines is 1. The summed E-state index contributed by atoms with van der Waals surface area (Å²) >= 11 is 1.40. The molecule has 1 unspecified atom stereocenters. The third kappa shape index (κ3) is 6.56. The van der Waals surface area contributed by atoms with Crippen LogP contribution in [0.2, 0.25) is 0 Å². The maximum absolute atomic E-state index is 12.4. The van der Waals surface area contributed by atoms with Gasteiger partial charge in [-0.3, -0.25) is 4.79 Å². The normalized spacial score (nSPS) is 11.8. The summed E-state index contributed by atoms with van der Waals surface area (Å²) in [6.07, 6.45) is 4.62. The van der Waals surface area contributed by atoms with Crippen LogP contribution in [0, 0.1) is 0 Å². The van der Waals surface area contributed by atoms with Crippen molar-refractivity contribution in [3.8, 4) is 0 Å². The minimum absolute atomic E-state index is 0.0553. The molecule has 0 aliphatic carbocycles. The first-order valence-electron chi connectivity index (χ1n) is 10.7. The molecule has 1 aromatic heterocycles. The van der Waals surface area contributed by atoms with Gasteiger partial charge in [0.25, 0.3) is 0 Å². The topological polar surface area (TPSA) is 59.8 Å². The van der Waals surface area contributed by atoms with E-state index in [0.717, 1.165) is 35.9 Å². The summed E-state index contributed by atoms with van der Waals surface area (Å²) in [6, 6.07) is 18.4. The van der Waals surface area contributed by atoms with E-state index >= 15 is 0 Å². The smallest absolute Gasteiger partial charge is 0.234 e. The molecule has 0 bridgehead atoms. The Labute approximate surface area is 189 Å². The first-order valence-corrected chi connectivity index (χ1v) is 11.7. The summed E-state index contributed by atoms with van der Waals surface area (Å²) in [4.78, 5) is 12.4. The van der Waals surface area contributed by atoms with Gasteiger partial charge in [-0.1, -0.05) is 74.1 Å². The molecule has 0 aliphatic rings. The van der Waals surface area contributed by atoms with Gasteiger partial charge in [-0.15, -0.1) is 16.8 Å². The molecule has 31 heavy (non-hydrogen) atoms. The number of hydrogen-bond donors (Lipinski definition) is 1. The highest BCUT2D eigenvalue weighted by atomic mass is 32.2. The van der Waals surface area contributed by atoms with Gasteiger partial charge in [0.1, 0.15) is 5.82 Å². The lowest BCUT2D eigenvalue weighted by Crippen LogP contribution is -2.15. The minimum atomic E-state index is -0.0553. The number of aryl methyl sites for hydroxylation is 2. The number of allylic oxidation sites excluding steroid dienone is 1. The summed E-state index contributed by atoms with van der Waals surface area (Å²) in [7, 11) is 0. The molecular formula is C25H30N4OS. The molecule has 162 valence electrons. The first-order chi connectivity index (χ1) is 15.1. The number of benzene rings is 2. The molecule has 0 radical (unpaired) electrons. The van der Waals surface area contributed by atoms with Crippen LogP contribution in [0.5, 0.6) is 0 Å². The number of nitrogens with zero attached hydrogens (tertiary/aromatic N) is 3. The van der Waals surface area contributed by atoms with Gasteiger partial charge in [0.05, 0.1) is 5.75 Å². The Kier molecular flexibility index (Phi) is 8.47. The van der Waals surface area contributed by atoms with E-state index in [0.29, 0.717) is 12.5 Å². The lowest BCUT2D eigenvalue weighted by atomic mass is 9.99. The minimum Gasteiger partial charge on any atom is -0.325 e. The summed E-state index contributed by atoms with van der Waals surface area (Å²) < 4.78 is 2.04. The molecular weight excluding hydrogens is 404 g/mol. The van der Waals surface area contributed by atoms with Gasteiger partial charge in [-0.25, -0.2) is 0 Å². The monoisotopic (exact) mass is 434 g/mol. The van der Waals surface area contributed by atoms with Crippen LogP contribution < -0.4 is 5.32 Å². The predicted molar refractivity (Wildman–Crippen MR) is 129 cm³/mol. The van der Waals surface area contributed by atoms with Crippen molar-refractivity contribution >= 4 is 23.4 Å². The average Bonchev–Trinajstić information content (AvgIpc) is 3.18. The fraction of sp³-hybridized carbons (Fsp3) is 0.320. The zero-order chi connectivity index (χ0) is 22.1. The molecule has 0 saturated heterocycles. The number of amides is 1. The summed E-state index contributed by atoms with van der Waals surface area (Å²) in [5.74, 6) is 1.65. The van der Waals surface area contributed by atoms with Crippen LogP contribution in [0.15, 0.2) is 72.4 Å². The Morgan fingerprint density at radius 2 is 1.87 bits per heavy atom. The number of hydrogen-bond acceptors (Lipinski definition) is 4. The van der Waals surface area contributed by atoms with Crippen molar-refractivity contribution in [1.82, 2.24) is 14.8 Å². The van der Waals surface area contributed by atoms with E-state index in [1.807, 2.05) is 41.0 Å². The van der Waals surface area contributed by atoms with E-state index in [2.05, 4.69) is 60.2 Å². The fourth-order valence-corrected chi connectivity index (χ4v) is 4.05. The standard InChI is InChI=1S/C25H30N4OS/c1-4-17-29-23(16-11-20-9-7-6-8-10-20)27-28-25(29)31-18-24(30)26-22-14-12-21(13-15-22)19(3)5-2/h4,6-10,12-15,19H,1,5,11,16-18H2,2-3H3,(H,26,30). The molecule has 2 aromatic carbocycles. The largest absolute Gasteiger partial charge is 0.325 e. The number of rotatable bonds is 11. The summed E-state index contributed by atoms with van der Waals surface area (Å²) in [5.41, 5.74) is 3.37. The zero-order valence-corrected chi connectivity index (χ0v) is 19.1. The third-order valence-electron chi connectivity index (χ3n) is 5.29. The molecule has 1 heterocycles.